The van der Waals surface area contributed by atoms with Gasteiger partial charge in [0.05, 0.1) is 0 Å². The molecule has 1 aliphatic heterocycles. The van der Waals surface area contributed by atoms with Crippen LogP contribution in [0.5, 0.6) is 0 Å². The summed E-state index contributed by atoms with van der Waals surface area (Å²) < 4.78 is 0. The predicted octanol–water partition coefficient (Wildman–Crippen LogP) is -1.27. The van der Waals surface area contributed by atoms with Gasteiger partial charge in [0.15, 0.2) is 6.54 Å². The molecule has 0 amide bonds. The van der Waals surface area contributed by atoms with E-state index in [-0.39, 0.29) is 6.54 Å². The number of rotatable bonds is 2. The molecule has 1 rings (SSSR count). The number of hydrazone groups is 1. The lowest BCUT2D eigenvalue weighted by Crippen LogP contribution is -2.40. The van der Waals surface area contributed by atoms with Crippen LogP contribution in [0.15, 0.2) is 5.10 Å². The van der Waals surface area contributed by atoms with Gasteiger partial charge in [0.2, 0.25) is 0 Å². The third-order valence-corrected chi connectivity index (χ3v) is 0.922. The molecule has 3 N–H and O–H groups in total. The summed E-state index contributed by atoms with van der Waals surface area (Å²) in [6, 6.07) is 0. The lowest BCUT2D eigenvalue weighted by atomic mass is 10.7. The number of carbonyl (C=O) groups is 1. The molecule has 0 radical (unpaired) electrons. The first-order chi connectivity index (χ1) is 4.68. The minimum absolute atomic E-state index is 0.148. The van der Waals surface area contributed by atoms with Crippen molar-refractivity contribution in [3.63, 3.8) is 0 Å². The van der Waals surface area contributed by atoms with Crippen molar-refractivity contribution in [2.24, 2.45) is 5.10 Å². The SMILES string of the molecule is CC1=NN(CC(=O)O)NN1. The van der Waals surface area contributed by atoms with E-state index in [4.69, 9.17) is 5.11 Å². The standard InChI is InChI=1S/C4H8N4O2/c1-3-5-7-8(6-3)2-4(9)10/h7H,2H2,1H3,(H,5,6)(H,9,10). The van der Waals surface area contributed by atoms with Crippen molar-refractivity contribution in [1.29, 1.82) is 0 Å². The number of carboxylic acid groups (broad SMARTS) is 1. The van der Waals surface area contributed by atoms with E-state index in [9.17, 15) is 4.79 Å². The molecule has 0 aromatic rings. The zero-order valence-electron chi connectivity index (χ0n) is 5.46. The molecule has 0 bridgehead atoms. The molecule has 0 aromatic heterocycles. The second-order valence-corrected chi connectivity index (χ2v) is 1.87. The summed E-state index contributed by atoms with van der Waals surface area (Å²) in [4.78, 5) is 10.1. The third-order valence-electron chi connectivity index (χ3n) is 0.922. The number of nitrogens with one attached hydrogen (secondary N) is 2. The molecule has 0 aromatic carbocycles. The van der Waals surface area contributed by atoms with Gasteiger partial charge < -0.3 is 5.11 Å². The highest BCUT2D eigenvalue weighted by molar-refractivity contribution is 5.80. The molecule has 0 saturated carbocycles. The van der Waals surface area contributed by atoms with Crippen molar-refractivity contribution in [3.8, 4) is 0 Å². The fourth-order valence-electron chi connectivity index (χ4n) is 0.580. The summed E-state index contributed by atoms with van der Waals surface area (Å²) in [6.45, 7) is 1.58. The van der Waals surface area contributed by atoms with Crippen molar-refractivity contribution >= 4 is 11.8 Å². The average molecular weight is 144 g/mol. The van der Waals surface area contributed by atoms with Crippen LogP contribution in [0.2, 0.25) is 0 Å². The first kappa shape index (κ1) is 6.81. The Morgan fingerprint density at radius 2 is 2.60 bits per heavy atom. The minimum Gasteiger partial charge on any atom is -0.480 e. The Morgan fingerprint density at radius 1 is 1.90 bits per heavy atom. The molecule has 10 heavy (non-hydrogen) atoms. The molecule has 0 atom stereocenters. The summed E-state index contributed by atoms with van der Waals surface area (Å²) >= 11 is 0. The lowest BCUT2D eigenvalue weighted by Gasteiger charge is -2.08. The Balaban J connectivity index is 2.38. The van der Waals surface area contributed by atoms with Crippen molar-refractivity contribution in [2.45, 2.75) is 6.92 Å². The molecule has 56 valence electrons. The predicted molar refractivity (Wildman–Crippen MR) is 33.7 cm³/mol. The van der Waals surface area contributed by atoms with Gasteiger partial charge in [-0.15, -0.1) is 10.6 Å². The highest BCUT2D eigenvalue weighted by atomic mass is 16.4. The molecule has 1 heterocycles. The smallest absolute Gasteiger partial charge is 0.326 e. The van der Waals surface area contributed by atoms with Gasteiger partial charge in [-0.25, -0.2) is 0 Å². The fourth-order valence-corrected chi connectivity index (χ4v) is 0.580. The number of amidine groups is 1. The van der Waals surface area contributed by atoms with Gasteiger partial charge >= 0.3 is 5.97 Å². The van der Waals surface area contributed by atoms with Crippen LogP contribution >= 0.6 is 0 Å². The van der Waals surface area contributed by atoms with Crippen LogP contribution in [0.3, 0.4) is 0 Å². The van der Waals surface area contributed by atoms with E-state index in [2.05, 4.69) is 16.1 Å². The highest BCUT2D eigenvalue weighted by Crippen LogP contribution is 1.88. The van der Waals surface area contributed by atoms with Gasteiger partial charge in [-0.2, -0.15) is 5.12 Å². The first-order valence-electron chi connectivity index (χ1n) is 2.74. The van der Waals surface area contributed by atoms with E-state index < -0.39 is 5.97 Å². The molecule has 0 spiro atoms. The van der Waals surface area contributed by atoms with E-state index in [1.165, 1.54) is 5.12 Å². The summed E-state index contributed by atoms with van der Waals surface area (Å²) in [7, 11) is 0. The van der Waals surface area contributed by atoms with Gasteiger partial charge in [-0.05, 0) is 6.92 Å². The van der Waals surface area contributed by atoms with Gasteiger partial charge in [-0.1, -0.05) is 0 Å². The van der Waals surface area contributed by atoms with Crippen LogP contribution in [-0.2, 0) is 4.79 Å². The first-order valence-corrected chi connectivity index (χ1v) is 2.74. The number of hydrazine groups is 2. The molecule has 6 nitrogen and oxygen atoms in total. The lowest BCUT2D eigenvalue weighted by molar-refractivity contribution is -0.139. The quantitative estimate of drug-likeness (QED) is 0.450. The van der Waals surface area contributed by atoms with E-state index in [0.717, 1.165) is 0 Å². The molecule has 1 aliphatic rings. The maximum atomic E-state index is 10.1. The molecule has 0 fully saturated rings. The summed E-state index contributed by atoms with van der Waals surface area (Å²) in [5.74, 6) is -0.269. The zero-order valence-corrected chi connectivity index (χ0v) is 5.46. The fraction of sp³-hybridized carbons (Fsp3) is 0.500. The van der Waals surface area contributed by atoms with Crippen molar-refractivity contribution in [1.82, 2.24) is 16.1 Å². The van der Waals surface area contributed by atoms with Crippen LogP contribution in [-0.4, -0.2) is 28.6 Å². The zero-order chi connectivity index (χ0) is 7.56. The molecule has 0 aliphatic carbocycles. The Labute approximate surface area is 57.4 Å². The van der Waals surface area contributed by atoms with Gasteiger partial charge in [-0.3, -0.25) is 10.2 Å². The largest absolute Gasteiger partial charge is 0.480 e. The van der Waals surface area contributed by atoms with Crippen molar-refractivity contribution < 1.29 is 9.90 Å². The van der Waals surface area contributed by atoms with Crippen LogP contribution in [0.1, 0.15) is 6.92 Å². The Bertz CT molecular complexity index is 178. The maximum Gasteiger partial charge on any atom is 0.326 e. The number of aliphatic carboxylic acids is 1. The van der Waals surface area contributed by atoms with Crippen LogP contribution < -0.4 is 11.0 Å². The van der Waals surface area contributed by atoms with E-state index >= 15 is 0 Å². The minimum atomic E-state index is -0.923. The number of carboxylic acids is 1. The normalized spacial score (nSPS) is 16.5. The van der Waals surface area contributed by atoms with E-state index in [1.807, 2.05) is 0 Å². The monoisotopic (exact) mass is 144 g/mol. The Hall–Kier alpha value is -1.30. The molecule has 0 unspecified atom stereocenters. The van der Waals surface area contributed by atoms with Crippen LogP contribution in [0.25, 0.3) is 0 Å². The van der Waals surface area contributed by atoms with Crippen molar-refractivity contribution in [2.75, 3.05) is 6.54 Å². The average Bonchev–Trinajstić information content (AvgIpc) is 2.13. The molecular weight excluding hydrogens is 136 g/mol. The van der Waals surface area contributed by atoms with E-state index in [0.29, 0.717) is 5.84 Å². The molecule has 6 heteroatoms. The van der Waals surface area contributed by atoms with Crippen LogP contribution in [0.4, 0.5) is 0 Å². The van der Waals surface area contributed by atoms with Gasteiger partial charge in [0.25, 0.3) is 0 Å². The molecular formula is C4H8N4O2. The maximum absolute atomic E-state index is 10.1. The number of hydrogen-bond acceptors (Lipinski definition) is 5. The van der Waals surface area contributed by atoms with Gasteiger partial charge in [0, 0.05) is 0 Å². The topological polar surface area (TPSA) is 77.0 Å². The summed E-state index contributed by atoms with van der Waals surface area (Å²) in [6.07, 6.45) is 0. The molecule has 0 saturated heterocycles. The van der Waals surface area contributed by atoms with E-state index in [1.54, 1.807) is 6.92 Å². The second-order valence-electron chi connectivity index (χ2n) is 1.87. The summed E-state index contributed by atoms with van der Waals surface area (Å²) in [5.41, 5.74) is 5.17. The highest BCUT2D eigenvalue weighted by Gasteiger charge is 2.11. The Morgan fingerprint density at radius 3 is 3.00 bits per heavy atom. The number of nitrogens with zero attached hydrogens (tertiary/aromatic N) is 2. The number of hydrogen-bond donors (Lipinski definition) is 3. The summed E-state index contributed by atoms with van der Waals surface area (Å²) in [5, 5.41) is 13.3. The Kier molecular flexibility index (Phi) is 1.72. The van der Waals surface area contributed by atoms with Crippen LogP contribution in [0, 0.1) is 0 Å². The second kappa shape index (κ2) is 2.53. The van der Waals surface area contributed by atoms with Crippen molar-refractivity contribution in [3.05, 3.63) is 0 Å². The third kappa shape index (κ3) is 1.59. The van der Waals surface area contributed by atoms with Gasteiger partial charge in [0.1, 0.15) is 5.84 Å².